The number of aryl methyl sites for hydroxylation is 3. The van der Waals surface area contributed by atoms with Crippen molar-refractivity contribution in [2.45, 2.75) is 39.2 Å². The minimum Gasteiger partial charge on any atom is -0.366 e. The van der Waals surface area contributed by atoms with Crippen molar-refractivity contribution in [2.75, 3.05) is 5.32 Å². The van der Waals surface area contributed by atoms with Crippen molar-refractivity contribution in [2.24, 2.45) is 7.05 Å². The highest BCUT2D eigenvalue weighted by molar-refractivity contribution is 5.60. The SMILES string of the molecule is CCc1nn(C)cc1CNc1nc(-c2ccncc2)nc2c1CCC2. The average Bonchev–Trinajstić information content (AvgIpc) is 3.26. The first-order valence-corrected chi connectivity index (χ1v) is 8.80. The fourth-order valence-electron chi connectivity index (χ4n) is 3.42. The summed E-state index contributed by atoms with van der Waals surface area (Å²) in [5, 5.41) is 8.06. The Kier molecular flexibility index (Phi) is 4.17. The van der Waals surface area contributed by atoms with E-state index in [9.17, 15) is 0 Å². The van der Waals surface area contributed by atoms with Crippen molar-refractivity contribution in [3.8, 4) is 11.4 Å². The van der Waals surface area contributed by atoms with Crippen LogP contribution in [0.15, 0.2) is 30.7 Å². The molecule has 1 N–H and O–H groups in total. The second kappa shape index (κ2) is 6.63. The molecule has 3 aromatic rings. The third-order valence-electron chi connectivity index (χ3n) is 4.64. The second-order valence-corrected chi connectivity index (χ2v) is 6.39. The van der Waals surface area contributed by atoms with Gasteiger partial charge in [-0.05, 0) is 37.8 Å². The fraction of sp³-hybridized carbons (Fsp3) is 0.368. The Hall–Kier alpha value is -2.76. The van der Waals surface area contributed by atoms with Gasteiger partial charge in [0.05, 0.1) is 5.69 Å². The molecule has 0 aromatic carbocycles. The summed E-state index contributed by atoms with van der Waals surface area (Å²) in [6, 6.07) is 3.91. The first kappa shape index (κ1) is 15.7. The molecule has 0 fully saturated rings. The lowest BCUT2D eigenvalue weighted by Gasteiger charge is -2.12. The largest absolute Gasteiger partial charge is 0.366 e. The summed E-state index contributed by atoms with van der Waals surface area (Å²) in [7, 11) is 1.96. The van der Waals surface area contributed by atoms with E-state index in [-0.39, 0.29) is 0 Å². The van der Waals surface area contributed by atoms with E-state index in [2.05, 4.69) is 28.5 Å². The van der Waals surface area contributed by atoms with Crippen molar-refractivity contribution in [3.05, 3.63) is 53.2 Å². The Morgan fingerprint density at radius 1 is 1.16 bits per heavy atom. The van der Waals surface area contributed by atoms with Crippen LogP contribution in [0.5, 0.6) is 0 Å². The standard InChI is InChI=1S/C19H22N6/c1-3-16-14(12-25(2)24-16)11-21-19-15-5-4-6-17(15)22-18(23-19)13-7-9-20-10-8-13/h7-10,12H,3-6,11H2,1-2H3,(H,21,22,23). The van der Waals surface area contributed by atoms with E-state index in [4.69, 9.17) is 9.97 Å². The maximum absolute atomic E-state index is 4.81. The normalized spacial score (nSPS) is 13.0. The number of rotatable bonds is 5. The number of fused-ring (bicyclic) bond motifs is 1. The lowest BCUT2D eigenvalue weighted by atomic mass is 10.2. The summed E-state index contributed by atoms with van der Waals surface area (Å²) in [5.74, 6) is 1.73. The van der Waals surface area contributed by atoms with Crippen molar-refractivity contribution in [1.29, 1.82) is 0 Å². The molecule has 0 aliphatic heterocycles. The van der Waals surface area contributed by atoms with Gasteiger partial charge in [-0.15, -0.1) is 0 Å². The Morgan fingerprint density at radius 3 is 2.80 bits per heavy atom. The van der Waals surface area contributed by atoms with Crippen LogP contribution in [0.3, 0.4) is 0 Å². The van der Waals surface area contributed by atoms with Crippen LogP contribution in [0.25, 0.3) is 11.4 Å². The van der Waals surface area contributed by atoms with Crippen LogP contribution in [0.4, 0.5) is 5.82 Å². The van der Waals surface area contributed by atoms with Gasteiger partial charge in [-0.25, -0.2) is 9.97 Å². The molecule has 1 aliphatic carbocycles. The van der Waals surface area contributed by atoms with Crippen LogP contribution >= 0.6 is 0 Å². The molecule has 25 heavy (non-hydrogen) atoms. The van der Waals surface area contributed by atoms with E-state index in [0.29, 0.717) is 0 Å². The number of hydrogen-bond donors (Lipinski definition) is 1. The highest BCUT2D eigenvalue weighted by Crippen LogP contribution is 2.29. The van der Waals surface area contributed by atoms with E-state index in [1.165, 1.54) is 16.8 Å². The van der Waals surface area contributed by atoms with Gasteiger partial charge in [-0.3, -0.25) is 9.67 Å². The minimum absolute atomic E-state index is 0.732. The minimum atomic E-state index is 0.732. The Labute approximate surface area is 147 Å². The molecular weight excluding hydrogens is 312 g/mol. The number of pyridine rings is 1. The smallest absolute Gasteiger partial charge is 0.161 e. The molecule has 0 amide bonds. The number of hydrogen-bond acceptors (Lipinski definition) is 5. The van der Waals surface area contributed by atoms with Gasteiger partial charge in [0.1, 0.15) is 5.82 Å². The summed E-state index contributed by atoms with van der Waals surface area (Å²) in [4.78, 5) is 13.7. The predicted molar refractivity (Wildman–Crippen MR) is 97.2 cm³/mol. The molecule has 3 aromatic heterocycles. The Balaban J connectivity index is 1.65. The zero-order chi connectivity index (χ0) is 17.2. The van der Waals surface area contributed by atoms with Crippen LogP contribution in [0, 0.1) is 0 Å². The molecule has 128 valence electrons. The quantitative estimate of drug-likeness (QED) is 0.777. The van der Waals surface area contributed by atoms with Crippen molar-refractivity contribution >= 4 is 5.82 Å². The number of nitrogens with zero attached hydrogens (tertiary/aromatic N) is 5. The van der Waals surface area contributed by atoms with Gasteiger partial charge in [0.25, 0.3) is 0 Å². The van der Waals surface area contributed by atoms with Crippen molar-refractivity contribution in [1.82, 2.24) is 24.7 Å². The molecule has 0 unspecified atom stereocenters. The van der Waals surface area contributed by atoms with Gasteiger partial charge in [0.15, 0.2) is 5.82 Å². The molecule has 0 bridgehead atoms. The van der Waals surface area contributed by atoms with Crippen LogP contribution in [-0.4, -0.2) is 24.7 Å². The molecule has 0 spiro atoms. The summed E-state index contributed by atoms with van der Waals surface area (Å²) >= 11 is 0. The van der Waals surface area contributed by atoms with E-state index >= 15 is 0 Å². The highest BCUT2D eigenvalue weighted by atomic mass is 15.3. The lowest BCUT2D eigenvalue weighted by Crippen LogP contribution is -2.08. The fourth-order valence-corrected chi connectivity index (χ4v) is 3.42. The third-order valence-corrected chi connectivity index (χ3v) is 4.64. The Bertz CT molecular complexity index is 884. The zero-order valence-corrected chi connectivity index (χ0v) is 14.7. The molecule has 4 rings (SSSR count). The van der Waals surface area contributed by atoms with Crippen molar-refractivity contribution in [3.63, 3.8) is 0 Å². The summed E-state index contributed by atoms with van der Waals surface area (Å²) in [5.41, 5.74) is 5.80. The van der Waals surface area contributed by atoms with Gasteiger partial charge in [0.2, 0.25) is 0 Å². The van der Waals surface area contributed by atoms with E-state index < -0.39 is 0 Å². The first-order chi connectivity index (χ1) is 12.2. The number of nitrogens with one attached hydrogen (secondary N) is 1. The van der Waals surface area contributed by atoms with Crippen LogP contribution in [0.1, 0.15) is 35.9 Å². The van der Waals surface area contributed by atoms with E-state index in [1.54, 1.807) is 12.4 Å². The molecule has 0 atom stereocenters. The van der Waals surface area contributed by atoms with Gasteiger partial charge < -0.3 is 5.32 Å². The third kappa shape index (κ3) is 3.12. The van der Waals surface area contributed by atoms with Gasteiger partial charge in [0, 0.05) is 54.6 Å². The summed E-state index contributed by atoms with van der Waals surface area (Å²) in [6.07, 6.45) is 9.79. The monoisotopic (exact) mass is 334 g/mol. The first-order valence-electron chi connectivity index (χ1n) is 8.80. The molecular formula is C19H22N6. The van der Waals surface area contributed by atoms with Crippen LogP contribution in [0.2, 0.25) is 0 Å². The van der Waals surface area contributed by atoms with E-state index in [0.717, 1.165) is 55.1 Å². The average molecular weight is 334 g/mol. The maximum Gasteiger partial charge on any atom is 0.161 e. The van der Waals surface area contributed by atoms with Gasteiger partial charge >= 0.3 is 0 Å². The lowest BCUT2D eigenvalue weighted by molar-refractivity contribution is 0.746. The second-order valence-electron chi connectivity index (χ2n) is 6.39. The van der Waals surface area contributed by atoms with Crippen LogP contribution in [-0.2, 0) is 32.9 Å². The zero-order valence-electron chi connectivity index (χ0n) is 14.7. The molecule has 0 saturated carbocycles. The maximum atomic E-state index is 4.81. The number of aromatic nitrogens is 5. The predicted octanol–water partition coefficient (Wildman–Crippen LogP) is 2.94. The molecule has 0 radical (unpaired) electrons. The molecule has 3 heterocycles. The van der Waals surface area contributed by atoms with E-state index in [1.807, 2.05) is 23.9 Å². The topological polar surface area (TPSA) is 68.5 Å². The highest BCUT2D eigenvalue weighted by Gasteiger charge is 2.20. The number of anilines is 1. The summed E-state index contributed by atoms with van der Waals surface area (Å²) < 4.78 is 1.88. The van der Waals surface area contributed by atoms with Crippen LogP contribution < -0.4 is 5.32 Å². The molecule has 0 saturated heterocycles. The Morgan fingerprint density at radius 2 is 2.00 bits per heavy atom. The molecule has 6 heteroatoms. The van der Waals surface area contributed by atoms with Gasteiger partial charge in [-0.2, -0.15) is 5.10 Å². The van der Waals surface area contributed by atoms with Crippen molar-refractivity contribution < 1.29 is 0 Å². The molecule has 6 nitrogen and oxygen atoms in total. The van der Waals surface area contributed by atoms with Gasteiger partial charge in [-0.1, -0.05) is 6.92 Å². The summed E-state index contributed by atoms with van der Waals surface area (Å²) in [6.45, 7) is 2.87. The molecule has 1 aliphatic rings.